The zero-order chi connectivity index (χ0) is 27.1. The van der Waals surface area contributed by atoms with E-state index in [-0.39, 0.29) is 23.7 Å². The number of hydrogen-bond acceptors (Lipinski definition) is 4. The summed E-state index contributed by atoms with van der Waals surface area (Å²) in [7, 11) is 0. The summed E-state index contributed by atoms with van der Waals surface area (Å²) in [5, 5.41) is 14.4. The van der Waals surface area contributed by atoms with Gasteiger partial charge in [-0.3, -0.25) is 4.79 Å². The average Bonchev–Trinajstić information content (AvgIpc) is 3.22. The van der Waals surface area contributed by atoms with Crippen LogP contribution in [-0.2, 0) is 0 Å². The number of amides is 1. The van der Waals surface area contributed by atoms with Crippen LogP contribution in [0.5, 0.6) is 5.75 Å². The van der Waals surface area contributed by atoms with E-state index in [9.17, 15) is 18.7 Å². The molecule has 4 aromatic rings. The summed E-state index contributed by atoms with van der Waals surface area (Å²) in [6, 6.07) is 15.8. The van der Waals surface area contributed by atoms with Crippen molar-refractivity contribution in [1.82, 2.24) is 20.2 Å². The van der Waals surface area contributed by atoms with Crippen LogP contribution in [0.2, 0.25) is 0 Å². The Balaban J connectivity index is 1.26. The van der Waals surface area contributed by atoms with Crippen LogP contribution in [0, 0.1) is 42.3 Å². The first kappa shape index (κ1) is 25.1. The molecule has 2 aromatic carbocycles. The summed E-state index contributed by atoms with van der Waals surface area (Å²) in [4.78, 5) is 23.3. The van der Waals surface area contributed by atoms with Crippen molar-refractivity contribution in [3.8, 4) is 17.6 Å². The third kappa shape index (κ3) is 5.10. The molecule has 6 rings (SSSR count). The summed E-state index contributed by atoms with van der Waals surface area (Å²) in [6.07, 6.45) is 0. The first-order valence-corrected chi connectivity index (χ1v) is 13.0. The lowest BCUT2D eigenvalue weighted by atomic mass is 10.0. The van der Waals surface area contributed by atoms with Crippen molar-refractivity contribution >= 4 is 16.8 Å². The molecule has 2 aromatic heterocycles. The van der Waals surface area contributed by atoms with Crippen LogP contribution in [0.4, 0.5) is 8.78 Å². The van der Waals surface area contributed by atoms with Gasteiger partial charge in [0, 0.05) is 53.6 Å². The molecule has 1 aliphatic carbocycles. The predicted octanol–water partition coefficient (Wildman–Crippen LogP) is 4.73. The average molecular weight is 527 g/mol. The molecule has 2 aliphatic rings. The minimum atomic E-state index is -0.851. The third-order valence-electron chi connectivity index (χ3n) is 7.68. The van der Waals surface area contributed by atoms with E-state index in [1.165, 1.54) is 18.2 Å². The molecule has 4 atom stereocenters. The molecular formula is C31H28F2N4O2. The molecule has 6 nitrogen and oxygen atoms in total. The number of para-hydroxylation sites is 1. The maximum absolute atomic E-state index is 14.2. The van der Waals surface area contributed by atoms with Crippen LogP contribution < -0.4 is 5.32 Å². The molecule has 0 spiro atoms. The number of pyridine rings is 1. The van der Waals surface area contributed by atoms with Gasteiger partial charge >= 0.3 is 0 Å². The number of phenols is 1. The summed E-state index contributed by atoms with van der Waals surface area (Å²) < 4.78 is 26.8. The largest absolute Gasteiger partial charge is 0.508 e. The standard InChI is InChI=1S/C31H28F2N4O2/c1-18-12-19(6-8-22-24-16-37(11-10-32)17-25(22)24)13-28(34-18)31(39)36-30(23-15-21(33)7-9-29(23)38)27-14-20-4-2-3-5-26(20)35-27/h2-5,7,9,12-15,22,24-25,30,35,38H,10-11,16-17H2,1H3,(H,36,39)/t22?,24-,25+,30?. The second kappa shape index (κ2) is 10.2. The molecule has 2 fully saturated rings. The number of aromatic hydroxyl groups is 1. The summed E-state index contributed by atoms with van der Waals surface area (Å²) >= 11 is 0. The van der Waals surface area contributed by atoms with E-state index < -0.39 is 17.8 Å². The highest BCUT2D eigenvalue weighted by atomic mass is 19.1. The maximum atomic E-state index is 14.2. The van der Waals surface area contributed by atoms with Crippen LogP contribution >= 0.6 is 0 Å². The second-order valence-corrected chi connectivity index (χ2v) is 10.4. The quantitative estimate of drug-likeness (QED) is 0.317. The van der Waals surface area contributed by atoms with Gasteiger partial charge in [-0.05, 0) is 66.6 Å². The van der Waals surface area contributed by atoms with Crippen LogP contribution in [0.25, 0.3) is 10.9 Å². The van der Waals surface area contributed by atoms with E-state index in [0.717, 1.165) is 24.0 Å². The lowest BCUT2D eigenvalue weighted by Crippen LogP contribution is -2.30. The number of piperidine rings is 1. The third-order valence-corrected chi connectivity index (χ3v) is 7.68. The Labute approximate surface area is 225 Å². The van der Waals surface area contributed by atoms with Crippen molar-refractivity contribution in [3.05, 3.63) is 94.7 Å². The highest BCUT2D eigenvalue weighted by Gasteiger charge is 2.54. The number of rotatable bonds is 6. The number of aryl methyl sites for hydroxylation is 1. The van der Waals surface area contributed by atoms with E-state index in [4.69, 9.17) is 0 Å². The number of aromatic amines is 1. The number of aromatic nitrogens is 2. The van der Waals surface area contributed by atoms with Crippen molar-refractivity contribution in [1.29, 1.82) is 0 Å². The highest BCUT2D eigenvalue weighted by molar-refractivity contribution is 5.93. The van der Waals surface area contributed by atoms with Crippen molar-refractivity contribution in [2.75, 3.05) is 26.3 Å². The minimum absolute atomic E-state index is 0.135. The maximum Gasteiger partial charge on any atom is 0.270 e. The normalized spacial score (nSPS) is 20.7. The van der Waals surface area contributed by atoms with Gasteiger partial charge < -0.3 is 20.3 Å². The number of alkyl halides is 1. The summed E-state index contributed by atoms with van der Waals surface area (Å²) in [5.74, 6) is 6.70. The van der Waals surface area contributed by atoms with E-state index in [1.807, 2.05) is 36.4 Å². The summed E-state index contributed by atoms with van der Waals surface area (Å²) in [5.41, 5.74) is 3.19. The van der Waals surface area contributed by atoms with E-state index in [0.29, 0.717) is 41.2 Å². The number of H-pyrrole nitrogens is 1. The number of carbonyl (C=O) groups is 1. The Hall–Kier alpha value is -4.22. The van der Waals surface area contributed by atoms with Gasteiger partial charge in [-0.1, -0.05) is 30.0 Å². The number of nitrogens with zero attached hydrogens (tertiary/aromatic N) is 2. The Morgan fingerprint density at radius 3 is 2.74 bits per heavy atom. The van der Waals surface area contributed by atoms with Crippen molar-refractivity contribution in [2.45, 2.75) is 13.0 Å². The van der Waals surface area contributed by atoms with E-state index in [2.05, 4.69) is 32.0 Å². The molecule has 1 saturated heterocycles. The van der Waals surface area contributed by atoms with Crippen LogP contribution in [-0.4, -0.2) is 52.2 Å². The van der Waals surface area contributed by atoms with Crippen molar-refractivity contribution in [3.63, 3.8) is 0 Å². The fourth-order valence-corrected chi connectivity index (χ4v) is 5.69. The Morgan fingerprint density at radius 2 is 1.97 bits per heavy atom. The molecule has 8 heteroatoms. The molecule has 1 aliphatic heterocycles. The Bertz CT molecular complexity index is 1580. The monoisotopic (exact) mass is 526 g/mol. The van der Waals surface area contributed by atoms with E-state index in [1.54, 1.807) is 13.0 Å². The first-order valence-electron chi connectivity index (χ1n) is 13.0. The molecule has 0 radical (unpaired) electrons. The fourth-order valence-electron chi connectivity index (χ4n) is 5.69. The predicted molar refractivity (Wildman–Crippen MR) is 144 cm³/mol. The van der Waals surface area contributed by atoms with Gasteiger partial charge in [-0.25, -0.2) is 13.8 Å². The zero-order valence-corrected chi connectivity index (χ0v) is 21.4. The van der Waals surface area contributed by atoms with Gasteiger partial charge in [-0.2, -0.15) is 0 Å². The summed E-state index contributed by atoms with van der Waals surface area (Å²) in [6.45, 7) is 3.74. The van der Waals surface area contributed by atoms with Gasteiger partial charge in [0.1, 0.15) is 23.9 Å². The zero-order valence-electron chi connectivity index (χ0n) is 21.4. The van der Waals surface area contributed by atoms with Gasteiger partial charge in [-0.15, -0.1) is 0 Å². The van der Waals surface area contributed by atoms with Gasteiger partial charge in [0.25, 0.3) is 5.91 Å². The van der Waals surface area contributed by atoms with Gasteiger partial charge in [0.15, 0.2) is 0 Å². The second-order valence-electron chi connectivity index (χ2n) is 10.4. The molecule has 0 bridgehead atoms. The number of benzene rings is 2. The molecule has 1 saturated carbocycles. The smallest absolute Gasteiger partial charge is 0.270 e. The van der Waals surface area contributed by atoms with Crippen molar-refractivity contribution in [2.24, 2.45) is 17.8 Å². The van der Waals surface area contributed by atoms with Crippen LogP contribution in [0.15, 0.2) is 60.7 Å². The number of fused-ring (bicyclic) bond motifs is 2. The van der Waals surface area contributed by atoms with Gasteiger partial charge in [0.2, 0.25) is 0 Å². The molecule has 3 N–H and O–H groups in total. The number of likely N-dealkylation sites (tertiary alicyclic amines) is 1. The Morgan fingerprint density at radius 1 is 1.18 bits per heavy atom. The van der Waals surface area contributed by atoms with Crippen molar-refractivity contribution < 1.29 is 18.7 Å². The molecule has 198 valence electrons. The van der Waals surface area contributed by atoms with E-state index >= 15 is 0 Å². The highest BCUT2D eigenvalue weighted by Crippen LogP contribution is 2.51. The topological polar surface area (TPSA) is 81.2 Å². The fraction of sp³-hybridized carbons (Fsp3) is 0.290. The molecule has 2 unspecified atom stereocenters. The van der Waals surface area contributed by atoms with Crippen LogP contribution in [0.3, 0.4) is 0 Å². The lowest BCUT2D eigenvalue weighted by molar-refractivity contribution is 0.0936. The minimum Gasteiger partial charge on any atom is -0.508 e. The molecule has 1 amide bonds. The number of phenolic OH excluding ortho intramolecular Hbond substituents is 1. The molecule has 3 heterocycles. The number of nitrogens with one attached hydrogen (secondary N) is 2. The molecular weight excluding hydrogens is 498 g/mol. The molecule has 39 heavy (non-hydrogen) atoms. The first-order chi connectivity index (χ1) is 18.9. The lowest BCUT2D eigenvalue weighted by Gasteiger charge is -2.19. The van der Waals surface area contributed by atoms with Gasteiger partial charge in [0.05, 0.1) is 6.04 Å². The number of hydrogen-bond donors (Lipinski definition) is 3. The number of carbonyl (C=O) groups excluding carboxylic acids is 1. The Kier molecular flexibility index (Phi) is 6.53. The number of halogens is 2. The van der Waals surface area contributed by atoms with Crippen LogP contribution in [0.1, 0.15) is 39.0 Å². The SMILES string of the molecule is Cc1cc(C#CC2[C@H]3CN(CCF)C[C@@H]23)cc(C(=O)NC(c2cc3ccccc3[nH]2)c2cc(F)ccc2O)n1.